The van der Waals surface area contributed by atoms with Gasteiger partial charge in [0.05, 0.1) is 12.3 Å². The molecule has 1 aliphatic heterocycles. The number of tetrazole rings is 1. The summed E-state index contributed by atoms with van der Waals surface area (Å²) in [6.45, 7) is 9.03. The lowest BCUT2D eigenvalue weighted by Gasteiger charge is -2.41. The predicted octanol–water partition coefficient (Wildman–Crippen LogP) is 2.83. The minimum Gasteiger partial charge on any atom is -0.467 e. The van der Waals surface area contributed by atoms with E-state index in [0.29, 0.717) is 12.5 Å². The average Bonchev–Trinajstić information content (AvgIpc) is 3.36. The quantitative estimate of drug-likeness (QED) is 0.668. The molecule has 0 aliphatic carbocycles. The molecule has 0 bridgehead atoms. The van der Waals surface area contributed by atoms with Crippen molar-refractivity contribution in [2.45, 2.75) is 26.4 Å². The lowest BCUT2D eigenvalue weighted by molar-refractivity contribution is 0.135. The number of hydrogen-bond acceptors (Lipinski definition) is 6. The molecule has 0 N–H and O–H groups in total. The Balaban J connectivity index is 1.49. The second kappa shape index (κ2) is 7.92. The fourth-order valence-electron chi connectivity index (χ4n) is 3.87. The van der Waals surface area contributed by atoms with E-state index in [1.807, 2.05) is 16.8 Å². The van der Waals surface area contributed by atoms with Crippen LogP contribution in [0.4, 0.5) is 5.69 Å². The molecule has 142 valence electrons. The molecule has 4 rings (SSSR count). The molecule has 27 heavy (non-hydrogen) atoms. The van der Waals surface area contributed by atoms with E-state index in [0.717, 1.165) is 37.8 Å². The number of furan rings is 1. The van der Waals surface area contributed by atoms with Crippen molar-refractivity contribution in [2.24, 2.45) is 5.92 Å². The number of hydrogen-bond donors (Lipinski definition) is 0. The van der Waals surface area contributed by atoms with Crippen LogP contribution in [0.25, 0.3) is 0 Å². The molecular weight excluding hydrogens is 340 g/mol. The Labute approximate surface area is 159 Å². The van der Waals surface area contributed by atoms with Crippen LogP contribution in [-0.4, -0.2) is 51.3 Å². The zero-order valence-electron chi connectivity index (χ0n) is 15.9. The van der Waals surface area contributed by atoms with Crippen LogP contribution in [0.2, 0.25) is 0 Å². The lowest BCUT2D eigenvalue weighted by atomic mass is 10.0. The van der Waals surface area contributed by atoms with Crippen LogP contribution in [0.5, 0.6) is 0 Å². The summed E-state index contributed by atoms with van der Waals surface area (Å²) in [4.78, 5) is 4.95. The summed E-state index contributed by atoms with van der Waals surface area (Å²) in [5.41, 5.74) is 1.29. The van der Waals surface area contributed by atoms with E-state index in [9.17, 15) is 0 Å². The molecule has 1 aliphatic rings. The first-order valence-corrected chi connectivity index (χ1v) is 9.55. The summed E-state index contributed by atoms with van der Waals surface area (Å²) in [5, 5.41) is 12.5. The van der Waals surface area contributed by atoms with Gasteiger partial charge in [-0.2, -0.15) is 0 Å². The fraction of sp³-hybridized carbons (Fsp3) is 0.450. The highest BCUT2D eigenvalue weighted by Gasteiger charge is 2.31. The predicted molar refractivity (Wildman–Crippen MR) is 103 cm³/mol. The third-order valence-electron chi connectivity index (χ3n) is 5.17. The van der Waals surface area contributed by atoms with Crippen LogP contribution in [0.3, 0.4) is 0 Å². The van der Waals surface area contributed by atoms with Gasteiger partial charge in [0, 0.05) is 31.9 Å². The van der Waals surface area contributed by atoms with E-state index >= 15 is 0 Å². The van der Waals surface area contributed by atoms with E-state index in [4.69, 9.17) is 4.42 Å². The molecule has 3 aromatic rings. The normalized spacial score (nSPS) is 16.8. The first kappa shape index (κ1) is 17.7. The number of piperazine rings is 1. The van der Waals surface area contributed by atoms with Crippen molar-refractivity contribution in [1.82, 2.24) is 25.1 Å². The summed E-state index contributed by atoms with van der Waals surface area (Å²) in [6, 6.07) is 14.7. The maximum atomic E-state index is 5.47. The Kier molecular flexibility index (Phi) is 5.20. The van der Waals surface area contributed by atoms with Crippen molar-refractivity contribution in [3.05, 3.63) is 60.3 Å². The third kappa shape index (κ3) is 3.88. The first-order valence-electron chi connectivity index (χ1n) is 9.55. The highest BCUT2D eigenvalue weighted by atomic mass is 16.3. The third-order valence-corrected chi connectivity index (χ3v) is 5.17. The molecule has 1 aromatic carbocycles. The molecule has 3 heterocycles. The van der Waals surface area contributed by atoms with Crippen molar-refractivity contribution in [3.8, 4) is 0 Å². The van der Waals surface area contributed by atoms with E-state index in [1.165, 1.54) is 5.69 Å². The van der Waals surface area contributed by atoms with Gasteiger partial charge < -0.3 is 9.32 Å². The van der Waals surface area contributed by atoms with Gasteiger partial charge >= 0.3 is 0 Å². The van der Waals surface area contributed by atoms with E-state index < -0.39 is 0 Å². The molecule has 0 amide bonds. The molecule has 0 saturated carbocycles. The number of anilines is 1. The smallest absolute Gasteiger partial charge is 0.169 e. The van der Waals surface area contributed by atoms with Gasteiger partial charge in [-0.05, 0) is 40.6 Å². The first-order chi connectivity index (χ1) is 13.2. The fourth-order valence-corrected chi connectivity index (χ4v) is 3.87. The Hall–Kier alpha value is -2.67. The molecular formula is C20H26N6O. The number of benzene rings is 1. The van der Waals surface area contributed by atoms with Crippen LogP contribution >= 0.6 is 0 Å². The van der Waals surface area contributed by atoms with Crippen molar-refractivity contribution < 1.29 is 4.42 Å². The van der Waals surface area contributed by atoms with Crippen molar-refractivity contribution in [3.63, 3.8) is 0 Å². The highest BCUT2D eigenvalue weighted by Crippen LogP contribution is 2.29. The topological polar surface area (TPSA) is 63.2 Å². The maximum absolute atomic E-state index is 5.47. The van der Waals surface area contributed by atoms with Crippen molar-refractivity contribution in [2.75, 3.05) is 31.1 Å². The summed E-state index contributed by atoms with van der Waals surface area (Å²) in [7, 11) is 0. The van der Waals surface area contributed by atoms with Gasteiger partial charge in [-0.25, -0.2) is 4.68 Å². The molecule has 7 nitrogen and oxygen atoms in total. The van der Waals surface area contributed by atoms with Crippen molar-refractivity contribution in [1.29, 1.82) is 0 Å². The standard InChI is InChI=1S/C20H26N6O/c1-16(2)19(20-21-22-23-26(20)15-18-9-6-14-27-18)25-12-10-24(11-13-25)17-7-4-3-5-8-17/h3-9,14,16,19H,10-13,15H2,1-2H3/t19-/m0/s1. The number of para-hydroxylation sites is 1. The van der Waals surface area contributed by atoms with Gasteiger partial charge in [0.1, 0.15) is 12.3 Å². The van der Waals surface area contributed by atoms with Gasteiger partial charge in [-0.1, -0.05) is 32.0 Å². The Morgan fingerprint density at radius 2 is 1.78 bits per heavy atom. The van der Waals surface area contributed by atoms with E-state index in [2.05, 4.69) is 69.5 Å². The Morgan fingerprint density at radius 1 is 1.00 bits per heavy atom. The molecule has 2 aromatic heterocycles. The van der Waals surface area contributed by atoms with Gasteiger partial charge in [0.15, 0.2) is 5.82 Å². The second-order valence-electron chi connectivity index (χ2n) is 7.32. The zero-order chi connectivity index (χ0) is 18.6. The highest BCUT2D eigenvalue weighted by molar-refractivity contribution is 5.46. The lowest BCUT2D eigenvalue weighted by Crippen LogP contribution is -2.49. The molecule has 1 saturated heterocycles. The number of nitrogens with zero attached hydrogens (tertiary/aromatic N) is 6. The van der Waals surface area contributed by atoms with E-state index in [-0.39, 0.29) is 6.04 Å². The van der Waals surface area contributed by atoms with Crippen LogP contribution in [-0.2, 0) is 6.54 Å². The average molecular weight is 366 g/mol. The molecule has 0 spiro atoms. The van der Waals surface area contributed by atoms with E-state index in [1.54, 1.807) is 6.26 Å². The van der Waals surface area contributed by atoms with Gasteiger partial charge in [0.25, 0.3) is 0 Å². The Bertz CT molecular complexity index is 821. The monoisotopic (exact) mass is 366 g/mol. The number of rotatable bonds is 6. The van der Waals surface area contributed by atoms with Gasteiger partial charge in [-0.3, -0.25) is 4.90 Å². The SMILES string of the molecule is CC(C)[C@@H](c1nnnn1Cc1ccco1)N1CCN(c2ccccc2)CC1. The van der Waals surface area contributed by atoms with Crippen LogP contribution in [0, 0.1) is 5.92 Å². The second-order valence-corrected chi connectivity index (χ2v) is 7.32. The molecule has 0 radical (unpaired) electrons. The van der Waals surface area contributed by atoms with Crippen LogP contribution in [0.15, 0.2) is 53.1 Å². The molecule has 0 unspecified atom stereocenters. The zero-order valence-corrected chi connectivity index (χ0v) is 15.9. The van der Waals surface area contributed by atoms with Gasteiger partial charge in [-0.15, -0.1) is 5.10 Å². The molecule has 1 atom stereocenters. The largest absolute Gasteiger partial charge is 0.467 e. The summed E-state index contributed by atoms with van der Waals surface area (Å²) >= 11 is 0. The minimum atomic E-state index is 0.188. The summed E-state index contributed by atoms with van der Waals surface area (Å²) in [6.07, 6.45) is 1.68. The van der Waals surface area contributed by atoms with Crippen molar-refractivity contribution >= 4 is 5.69 Å². The summed E-state index contributed by atoms with van der Waals surface area (Å²) in [5.74, 6) is 2.18. The van der Waals surface area contributed by atoms with Gasteiger partial charge in [0.2, 0.25) is 0 Å². The molecule has 1 fully saturated rings. The Morgan fingerprint density at radius 3 is 2.44 bits per heavy atom. The minimum absolute atomic E-state index is 0.188. The summed E-state index contributed by atoms with van der Waals surface area (Å²) < 4.78 is 7.34. The van der Waals surface area contributed by atoms with Crippen LogP contribution in [0.1, 0.15) is 31.5 Å². The maximum Gasteiger partial charge on any atom is 0.169 e. The number of aromatic nitrogens is 4. The molecule has 7 heteroatoms. The van der Waals surface area contributed by atoms with Crippen LogP contribution < -0.4 is 4.90 Å².